The molecule has 5 nitrogen and oxygen atoms in total. The van der Waals surface area contributed by atoms with E-state index in [0.29, 0.717) is 6.04 Å². The topological polar surface area (TPSA) is 42.0 Å². The Morgan fingerprint density at radius 1 is 1.22 bits per heavy atom. The highest BCUT2D eigenvalue weighted by Crippen LogP contribution is 2.38. The predicted molar refractivity (Wildman–Crippen MR) is 88.9 cm³/mol. The number of piperidine rings is 1. The predicted octanol–water partition coefficient (Wildman–Crippen LogP) is 1.84. The number of carbonyl (C=O) groups excluding carboxylic acids is 1. The third kappa shape index (κ3) is 3.18. The summed E-state index contributed by atoms with van der Waals surface area (Å²) < 4.78 is 11.7. The zero-order chi connectivity index (χ0) is 15.7. The molecule has 1 amide bonds. The number of carbonyl (C=O) groups is 1. The van der Waals surface area contributed by atoms with Gasteiger partial charge in [-0.05, 0) is 30.7 Å². The Balaban J connectivity index is 1.33. The van der Waals surface area contributed by atoms with Gasteiger partial charge in [-0.2, -0.15) is 11.3 Å². The third-order valence-corrected chi connectivity index (χ3v) is 6.16. The molecule has 1 atom stereocenters. The molecule has 0 bridgehead atoms. The maximum atomic E-state index is 12.4. The summed E-state index contributed by atoms with van der Waals surface area (Å²) in [6, 6.07) is 2.44. The van der Waals surface area contributed by atoms with Gasteiger partial charge in [-0.3, -0.25) is 9.69 Å². The number of likely N-dealkylation sites (tertiary alicyclic amines) is 1. The molecule has 0 unspecified atom stereocenters. The highest BCUT2D eigenvalue weighted by Gasteiger charge is 2.45. The van der Waals surface area contributed by atoms with Crippen LogP contribution in [0.4, 0.5) is 0 Å². The second-order valence-corrected chi connectivity index (χ2v) is 7.58. The lowest BCUT2D eigenvalue weighted by Gasteiger charge is -2.39. The Morgan fingerprint density at radius 2 is 2.00 bits per heavy atom. The molecule has 0 radical (unpaired) electrons. The quantitative estimate of drug-likeness (QED) is 0.826. The number of nitrogens with zero attached hydrogens (tertiary/aromatic N) is 2. The van der Waals surface area contributed by atoms with Gasteiger partial charge in [-0.1, -0.05) is 0 Å². The summed E-state index contributed by atoms with van der Waals surface area (Å²) in [5.41, 5.74) is 0.818. The second-order valence-electron chi connectivity index (χ2n) is 6.80. The van der Waals surface area contributed by atoms with Gasteiger partial charge in [-0.15, -0.1) is 0 Å². The summed E-state index contributed by atoms with van der Waals surface area (Å²) in [5.74, 6) is 0.170. The lowest BCUT2D eigenvalue weighted by molar-refractivity contribution is -0.0401. The molecule has 1 spiro atoms. The first-order valence-corrected chi connectivity index (χ1v) is 9.47. The van der Waals surface area contributed by atoms with E-state index < -0.39 is 0 Å². The second kappa shape index (κ2) is 6.51. The van der Waals surface area contributed by atoms with Crippen LogP contribution in [0.2, 0.25) is 0 Å². The molecule has 6 heteroatoms. The van der Waals surface area contributed by atoms with E-state index in [4.69, 9.17) is 9.47 Å². The van der Waals surface area contributed by atoms with Crippen molar-refractivity contribution in [2.45, 2.75) is 30.9 Å². The van der Waals surface area contributed by atoms with E-state index in [-0.39, 0.29) is 11.5 Å². The van der Waals surface area contributed by atoms with Crippen LogP contribution in [-0.4, -0.2) is 73.3 Å². The molecule has 23 heavy (non-hydrogen) atoms. The minimum absolute atomic E-state index is 0.00556. The maximum absolute atomic E-state index is 12.4. The Kier molecular flexibility index (Phi) is 4.41. The van der Waals surface area contributed by atoms with Crippen molar-refractivity contribution in [3.05, 3.63) is 22.4 Å². The fraction of sp³-hybridized carbons (Fsp3) is 0.706. The first-order chi connectivity index (χ1) is 11.3. The first kappa shape index (κ1) is 15.6. The van der Waals surface area contributed by atoms with Crippen molar-refractivity contribution in [2.75, 3.05) is 46.0 Å². The van der Waals surface area contributed by atoms with Crippen LogP contribution in [0, 0.1) is 0 Å². The molecule has 3 fully saturated rings. The summed E-state index contributed by atoms with van der Waals surface area (Å²) in [6.07, 6.45) is 3.03. The Morgan fingerprint density at radius 3 is 2.70 bits per heavy atom. The molecule has 3 saturated heterocycles. The van der Waals surface area contributed by atoms with E-state index in [9.17, 15) is 4.79 Å². The van der Waals surface area contributed by atoms with E-state index >= 15 is 0 Å². The molecule has 1 aromatic rings. The lowest BCUT2D eigenvalue weighted by atomic mass is 9.87. The van der Waals surface area contributed by atoms with Crippen LogP contribution in [-0.2, 0) is 9.47 Å². The Labute approximate surface area is 141 Å². The lowest BCUT2D eigenvalue weighted by Crippen LogP contribution is -2.48. The first-order valence-electron chi connectivity index (χ1n) is 8.53. The number of ether oxygens (including phenoxy) is 2. The van der Waals surface area contributed by atoms with Crippen LogP contribution in [0.25, 0.3) is 0 Å². The molecule has 1 aromatic heterocycles. The van der Waals surface area contributed by atoms with E-state index in [2.05, 4.69) is 4.90 Å². The fourth-order valence-corrected chi connectivity index (χ4v) is 4.66. The largest absolute Gasteiger partial charge is 0.379 e. The normalized spacial score (nSPS) is 28.3. The number of hydrogen-bond acceptors (Lipinski definition) is 5. The summed E-state index contributed by atoms with van der Waals surface area (Å²) in [4.78, 5) is 16.9. The highest BCUT2D eigenvalue weighted by molar-refractivity contribution is 7.08. The average Bonchev–Trinajstić information content (AvgIpc) is 3.26. The molecule has 0 N–H and O–H groups in total. The number of morpholine rings is 1. The van der Waals surface area contributed by atoms with E-state index in [0.717, 1.165) is 70.8 Å². The van der Waals surface area contributed by atoms with E-state index in [1.165, 1.54) is 0 Å². The van der Waals surface area contributed by atoms with Crippen molar-refractivity contribution in [3.63, 3.8) is 0 Å². The van der Waals surface area contributed by atoms with Crippen molar-refractivity contribution in [1.82, 2.24) is 9.80 Å². The monoisotopic (exact) mass is 336 g/mol. The molecule has 0 aliphatic carbocycles. The summed E-state index contributed by atoms with van der Waals surface area (Å²) in [6.45, 7) is 6.17. The van der Waals surface area contributed by atoms with Gasteiger partial charge >= 0.3 is 0 Å². The van der Waals surface area contributed by atoms with Gasteiger partial charge in [0.2, 0.25) is 0 Å². The van der Waals surface area contributed by atoms with Crippen LogP contribution in [0.3, 0.4) is 0 Å². The third-order valence-electron chi connectivity index (χ3n) is 5.48. The SMILES string of the molecule is O=C(c1ccsc1)N1CCC2(CC1)C[C@H](N1CCOCC1)CO2. The molecule has 0 aromatic carbocycles. The molecule has 4 rings (SSSR count). The summed E-state index contributed by atoms with van der Waals surface area (Å²) in [7, 11) is 0. The zero-order valence-corrected chi connectivity index (χ0v) is 14.2. The van der Waals surface area contributed by atoms with Crippen LogP contribution >= 0.6 is 11.3 Å². The van der Waals surface area contributed by atoms with E-state index in [1.54, 1.807) is 11.3 Å². The average molecular weight is 336 g/mol. The van der Waals surface area contributed by atoms with Gasteiger partial charge in [-0.25, -0.2) is 0 Å². The molecule has 126 valence electrons. The molecule has 3 aliphatic rings. The van der Waals surface area contributed by atoms with Gasteiger partial charge < -0.3 is 14.4 Å². The van der Waals surface area contributed by atoms with Gasteiger partial charge in [0.15, 0.2) is 0 Å². The molecular weight excluding hydrogens is 312 g/mol. The van der Waals surface area contributed by atoms with Crippen LogP contribution in [0.5, 0.6) is 0 Å². The van der Waals surface area contributed by atoms with Crippen molar-refractivity contribution in [2.24, 2.45) is 0 Å². The molecule has 4 heterocycles. The van der Waals surface area contributed by atoms with Crippen LogP contribution < -0.4 is 0 Å². The summed E-state index contributed by atoms with van der Waals surface area (Å²) in [5, 5.41) is 3.90. The minimum atomic E-state index is -0.00556. The molecule has 0 saturated carbocycles. The summed E-state index contributed by atoms with van der Waals surface area (Å²) >= 11 is 1.58. The van der Waals surface area contributed by atoms with Gasteiger partial charge in [0.25, 0.3) is 5.91 Å². The number of amides is 1. The standard InChI is InChI=1S/C17H24N2O3S/c20-16(14-1-10-23-13-14)19-4-2-17(3-5-19)11-15(12-22-17)18-6-8-21-9-7-18/h1,10,13,15H,2-9,11-12H2/t15-/m0/s1. The van der Waals surface area contributed by atoms with Crippen molar-refractivity contribution >= 4 is 17.2 Å². The van der Waals surface area contributed by atoms with Crippen molar-refractivity contribution in [3.8, 4) is 0 Å². The van der Waals surface area contributed by atoms with Crippen molar-refractivity contribution in [1.29, 1.82) is 0 Å². The number of rotatable bonds is 2. The Hall–Kier alpha value is -0.950. The van der Waals surface area contributed by atoms with Gasteiger partial charge in [0.05, 0.1) is 31.0 Å². The number of hydrogen-bond donors (Lipinski definition) is 0. The minimum Gasteiger partial charge on any atom is -0.379 e. The van der Waals surface area contributed by atoms with Gasteiger partial charge in [0, 0.05) is 37.6 Å². The number of thiophene rings is 1. The highest BCUT2D eigenvalue weighted by atomic mass is 32.1. The molecule has 3 aliphatic heterocycles. The molecular formula is C17H24N2O3S. The zero-order valence-electron chi connectivity index (χ0n) is 13.4. The Bertz CT molecular complexity index is 534. The fourth-order valence-electron chi connectivity index (χ4n) is 4.03. The smallest absolute Gasteiger partial charge is 0.254 e. The van der Waals surface area contributed by atoms with E-state index in [1.807, 2.05) is 21.7 Å². The maximum Gasteiger partial charge on any atom is 0.254 e. The van der Waals surface area contributed by atoms with Crippen LogP contribution in [0.15, 0.2) is 16.8 Å². The van der Waals surface area contributed by atoms with Crippen LogP contribution in [0.1, 0.15) is 29.6 Å². The van der Waals surface area contributed by atoms with Gasteiger partial charge in [0.1, 0.15) is 0 Å². The van der Waals surface area contributed by atoms with Crippen molar-refractivity contribution < 1.29 is 14.3 Å².